The van der Waals surface area contributed by atoms with Crippen molar-refractivity contribution in [1.82, 2.24) is 19.9 Å². The second-order valence-corrected chi connectivity index (χ2v) is 8.70. The van der Waals surface area contributed by atoms with Gasteiger partial charge >= 0.3 is 0 Å². The second kappa shape index (κ2) is 8.15. The molecule has 4 heterocycles. The number of aromatic amines is 1. The number of hydrogen-bond acceptors (Lipinski definition) is 6. The Morgan fingerprint density at radius 2 is 1.87 bits per heavy atom. The van der Waals surface area contributed by atoms with Crippen LogP contribution in [0.2, 0.25) is 0 Å². The molecule has 1 unspecified atom stereocenters. The van der Waals surface area contributed by atoms with Crippen LogP contribution < -0.4 is 10.9 Å². The molecule has 7 heteroatoms. The number of anilines is 2. The molecule has 1 atom stereocenters. The summed E-state index contributed by atoms with van der Waals surface area (Å²) in [5.74, 6) is 1.32. The number of likely N-dealkylation sites (N-methyl/N-ethyl adjacent to an activating group) is 1. The number of hydrogen-bond donors (Lipinski definition) is 2. The maximum atomic E-state index is 12.6. The van der Waals surface area contributed by atoms with Crippen molar-refractivity contribution in [2.45, 2.75) is 24.7 Å². The van der Waals surface area contributed by atoms with Crippen molar-refractivity contribution in [3.8, 4) is 0 Å². The van der Waals surface area contributed by atoms with Gasteiger partial charge in [-0.25, -0.2) is 4.98 Å². The zero-order valence-corrected chi connectivity index (χ0v) is 18.0. The van der Waals surface area contributed by atoms with E-state index in [0.29, 0.717) is 17.1 Å². The number of likely N-dealkylation sites (tertiary alicyclic amines) is 1. The van der Waals surface area contributed by atoms with E-state index < -0.39 is 0 Å². The predicted molar refractivity (Wildman–Crippen MR) is 125 cm³/mol. The Labute approximate surface area is 181 Å². The quantitative estimate of drug-likeness (QED) is 0.681. The van der Waals surface area contributed by atoms with Gasteiger partial charge in [-0.15, -0.1) is 0 Å². The number of fused-ring (bicyclic) bond motifs is 1. The fourth-order valence-electron chi connectivity index (χ4n) is 4.58. The molecule has 1 saturated heterocycles. The molecule has 2 N–H and O–H groups in total. The minimum absolute atomic E-state index is 0.112. The summed E-state index contributed by atoms with van der Waals surface area (Å²) in [5, 5.41) is 11.1. The van der Waals surface area contributed by atoms with Gasteiger partial charge in [-0.1, -0.05) is 12.1 Å². The highest BCUT2D eigenvalue weighted by Gasteiger charge is 2.21. The van der Waals surface area contributed by atoms with E-state index in [4.69, 9.17) is 4.98 Å². The van der Waals surface area contributed by atoms with Gasteiger partial charge in [0.2, 0.25) is 0 Å². The van der Waals surface area contributed by atoms with E-state index in [1.165, 1.54) is 18.4 Å². The molecule has 0 spiro atoms. The Hall–Kier alpha value is -3.19. The molecule has 0 amide bonds. The smallest absolute Gasteiger partial charge is 0.259 e. The molecule has 0 bridgehead atoms. The van der Waals surface area contributed by atoms with E-state index in [1.54, 1.807) is 6.20 Å². The summed E-state index contributed by atoms with van der Waals surface area (Å²) in [6.07, 6.45) is 6.00. The summed E-state index contributed by atoms with van der Waals surface area (Å²) in [4.78, 5) is 22.6. The van der Waals surface area contributed by atoms with Crippen LogP contribution in [0.3, 0.4) is 0 Å². The topological polar surface area (TPSA) is 76.6 Å². The highest BCUT2D eigenvalue weighted by atomic mass is 16.1. The van der Waals surface area contributed by atoms with Crippen LogP contribution in [0.5, 0.6) is 0 Å². The number of rotatable bonds is 4. The number of nitrogens with one attached hydrogen (secondary N) is 2. The Morgan fingerprint density at radius 1 is 1.10 bits per heavy atom. The molecule has 5 rings (SSSR count). The highest BCUT2D eigenvalue weighted by molar-refractivity contribution is 5.93. The first-order chi connectivity index (χ1) is 15.1. The van der Waals surface area contributed by atoms with E-state index in [2.05, 4.69) is 51.6 Å². The van der Waals surface area contributed by atoms with Crippen LogP contribution in [0.15, 0.2) is 52.5 Å². The predicted octanol–water partition coefficient (Wildman–Crippen LogP) is 3.49. The molecule has 1 aromatic carbocycles. The van der Waals surface area contributed by atoms with E-state index in [-0.39, 0.29) is 11.5 Å². The summed E-state index contributed by atoms with van der Waals surface area (Å²) in [5.41, 5.74) is 3.09. The van der Waals surface area contributed by atoms with Crippen LogP contribution in [-0.2, 0) is 0 Å². The van der Waals surface area contributed by atoms with Crippen molar-refractivity contribution in [2.75, 3.05) is 39.0 Å². The fourth-order valence-corrected chi connectivity index (χ4v) is 4.58. The molecule has 1 fully saturated rings. The van der Waals surface area contributed by atoms with Crippen molar-refractivity contribution in [2.24, 2.45) is 5.10 Å². The Bertz CT molecular complexity index is 1160. The van der Waals surface area contributed by atoms with Crippen molar-refractivity contribution in [3.63, 3.8) is 0 Å². The standard InChI is InChI=1S/C24H28N6O/c1-29-11-8-17(9-12-29)16-3-5-20(6-4-16)27-23-22-18(7-10-25-24(22)31)13-21(28-23)19-14-26-30(2)15-19/h3-7,10,13-14,17,19H,8-9,11-12,15H2,1-2H3,(H,25,31)(H,27,28). The normalized spacial score (nSPS) is 19.9. The largest absolute Gasteiger partial charge is 0.340 e. The minimum atomic E-state index is -0.140. The zero-order chi connectivity index (χ0) is 21.4. The molecule has 2 aliphatic rings. The van der Waals surface area contributed by atoms with Crippen LogP contribution in [0.4, 0.5) is 11.5 Å². The average molecular weight is 417 g/mol. The van der Waals surface area contributed by atoms with Crippen LogP contribution in [-0.4, -0.2) is 59.8 Å². The Morgan fingerprint density at radius 3 is 2.58 bits per heavy atom. The van der Waals surface area contributed by atoms with E-state index in [0.717, 1.165) is 36.4 Å². The summed E-state index contributed by atoms with van der Waals surface area (Å²) in [6, 6.07) is 12.5. The van der Waals surface area contributed by atoms with Gasteiger partial charge in [0, 0.05) is 31.7 Å². The fraction of sp³-hybridized carbons (Fsp3) is 0.375. The Balaban J connectivity index is 1.45. The number of hydrazone groups is 1. The number of benzene rings is 1. The SMILES string of the molecule is CN1CCC(c2ccc(Nc3nc(C4C=NN(C)C4)cc4cc[nH]c(=O)c34)cc2)CC1. The van der Waals surface area contributed by atoms with Gasteiger partial charge < -0.3 is 15.2 Å². The molecular formula is C24H28N6O. The maximum absolute atomic E-state index is 12.6. The van der Waals surface area contributed by atoms with Gasteiger partial charge in [-0.2, -0.15) is 5.10 Å². The molecular weight excluding hydrogens is 388 g/mol. The summed E-state index contributed by atoms with van der Waals surface area (Å²) < 4.78 is 0. The first-order valence-electron chi connectivity index (χ1n) is 10.9. The Kier molecular flexibility index (Phi) is 5.19. The lowest BCUT2D eigenvalue weighted by atomic mass is 9.89. The van der Waals surface area contributed by atoms with Crippen LogP contribution in [0.1, 0.15) is 35.9 Å². The van der Waals surface area contributed by atoms with Crippen LogP contribution in [0.25, 0.3) is 10.8 Å². The third kappa shape index (κ3) is 4.05. The second-order valence-electron chi connectivity index (χ2n) is 8.70. The van der Waals surface area contributed by atoms with Crippen LogP contribution >= 0.6 is 0 Å². The van der Waals surface area contributed by atoms with Crippen molar-refractivity contribution in [3.05, 3.63) is 64.2 Å². The lowest BCUT2D eigenvalue weighted by Gasteiger charge is -2.29. The first kappa shape index (κ1) is 19.8. The van der Waals surface area contributed by atoms with Crippen molar-refractivity contribution >= 4 is 28.5 Å². The number of nitrogens with zero attached hydrogens (tertiary/aromatic N) is 4. The molecule has 2 aliphatic heterocycles. The lowest BCUT2D eigenvalue weighted by Crippen LogP contribution is -2.29. The first-order valence-corrected chi connectivity index (χ1v) is 10.9. The third-order valence-corrected chi connectivity index (χ3v) is 6.42. The lowest BCUT2D eigenvalue weighted by molar-refractivity contribution is 0.255. The molecule has 2 aromatic heterocycles. The van der Waals surface area contributed by atoms with Gasteiger partial charge in [0.25, 0.3) is 5.56 Å². The average Bonchev–Trinajstić information content (AvgIpc) is 3.21. The highest BCUT2D eigenvalue weighted by Crippen LogP contribution is 2.30. The van der Waals surface area contributed by atoms with Gasteiger partial charge in [0.15, 0.2) is 0 Å². The number of piperidine rings is 1. The molecule has 0 saturated carbocycles. The maximum Gasteiger partial charge on any atom is 0.259 e. The van der Waals surface area contributed by atoms with Crippen molar-refractivity contribution < 1.29 is 0 Å². The van der Waals surface area contributed by atoms with E-state index in [9.17, 15) is 4.79 Å². The minimum Gasteiger partial charge on any atom is -0.340 e. The van der Waals surface area contributed by atoms with Crippen LogP contribution in [0, 0.1) is 0 Å². The third-order valence-electron chi connectivity index (χ3n) is 6.42. The molecule has 3 aromatic rings. The van der Waals surface area contributed by atoms with E-state index in [1.807, 2.05) is 30.4 Å². The van der Waals surface area contributed by atoms with Gasteiger partial charge in [0.1, 0.15) is 5.82 Å². The van der Waals surface area contributed by atoms with E-state index >= 15 is 0 Å². The molecule has 31 heavy (non-hydrogen) atoms. The summed E-state index contributed by atoms with van der Waals surface area (Å²) in [7, 11) is 4.14. The van der Waals surface area contributed by atoms with Crippen molar-refractivity contribution in [1.29, 1.82) is 0 Å². The molecule has 0 aliphatic carbocycles. The van der Waals surface area contributed by atoms with Gasteiger partial charge in [-0.05, 0) is 74.1 Å². The molecule has 7 nitrogen and oxygen atoms in total. The van der Waals surface area contributed by atoms with Gasteiger partial charge in [0.05, 0.1) is 17.0 Å². The molecule has 0 radical (unpaired) electrons. The monoisotopic (exact) mass is 416 g/mol. The number of H-pyrrole nitrogens is 1. The zero-order valence-electron chi connectivity index (χ0n) is 18.0. The summed E-state index contributed by atoms with van der Waals surface area (Å²) in [6.45, 7) is 3.08. The van der Waals surface area contributed by atoms with Gasteiger partial charge in [-0.3, -0.25) is 9.80 Å². The number of pyridine rings is 2. The summed E-state index contributed by atoms with van der Waals surface area (Å²) >= 11 is 0. The number of aromatic nitrogens is 2. The molecule has 160 valence electrons.